The number of hydrogen-bond acceptors (Lipinski definition) is 4. The van der Waals surface area contributed by atoms with Crippen molar-refractivity contribution in [1.29, 1.82) is 0 Å². The second kappa shape index (κ2) is 8.09. The lowest BCUT2D eigenvalue weighted by Crippen LogP contribution is -2.31. The standard InChI is InChI=1S/C19H24N2O2/c1-22-18-8-4-6-16(12-18)13-21(15-19-9-5-11-23-19)14-17-7-2-3-10-20-17/h2-4,6-8,10,12,19H,5,9,11,13-15H2,1H3/t19-/m0/s1. The van der Waals surface area contributed by atoms with Crippen molar-refractivity contribution in [2.24, 2.45) is 0 Å². The fraction of sp³-hybridized carbons (Fsp3) is 0.421. The van der Waals surface area contributed by atoms with Gasteiger partial charge in [-0.25, -0.2) is 0 Å². The average Bonchev–Trinajstić information content (AvgIpc) is 3.09. The molecule has 1 saturated heterocycles. The molecule has 1 aromatic carbocycles. The first kappa shape index (κ1) is 16.0. The van der Waals surface area contributed by atoms with Crippen LogP contribution in [0.15, 0.2) is 48.7 Å². The molecule has 122 valence electrons. The van der Waals surface area contributed by atoms with Gasteiger partial charge in [-0.15, -0.1) is 0 Å². The zero-order valence-electron chi connectivity index (χ0n) is 13.6. The molecular weight excluding hydrogens is 288 g/mol. The maximum atomic E-state index is 5.82. The molecule has 1 fully saturated rings. The molecule has 1 aromatic heterocycles. The summed E-state index contributed by atoms with van der Waals surface area (Å²) >= 11 is 0. The van der Waals surface area contributed by atoms with E-state index in [-0.39, 0.29) is 0 Å². The summed E-state index contributed by atoms with van der Waals surface area (Å²) in [6.07, 6.45) is 4.51. The Hall–Kier alpha value is -1.91. The van der Waals surface area contributed by atoms with Gasteiger partial charge in [0, 0.05) is 32.4 Å². The fourth-order valence-electron chi connectivity index (χ4n) is 3.01. The molecule has 0 radical (unpaired) electrons. The van der Waals surface area contributed by atoms with Gasteiger partial charge in [0.05, 0.1) is 18.9 Å². The second-order valence-corrected chi connectivity index (χ2v) is 5.98. The molecule has 2 heterocycles. The van der Waals surface area contributed by atoms with Crippen molar-refractivity contribution in [3.63, 3.8) is 0 Å². The van der Waals surface area contributed by atoms with Crippen molar-refractivity contribution in [1.82, 2.24) is 9.88 Å². The maximum absolute atomic E-state index is 5.82. The van der Waals surface area contributed by atoms with Crippen LogP contribution in [0.4, 0.5) is 0 Å². The van der Waals surface area contributed by atoms with Crippen LogP contribution in [0.5, 0.6) is 5.75 Å². The Morgan fingerprint density at radius 1 is 1.22 bits per heavy atom. The van der Waals surface area contributed by atoms with Crippen LogP contribution in [-0.2, 0) is 17.8 Å². The lowest BCUT2D eigenvalue weighted by molar-refractivity contribution is 0.0674. The number of nitrogens with zero attached hydrogens (tertiary/aromatic N) is 2. The van der Waals surface area contributed by atoms with Gasteiger partial charge >= 0.3 is 0 Å². The van der Waals surface area contributed by atoms with E-state index in [0.29, 0.717) is 6.10 Å². The van der Waals surface area contributed by atoms with Gasteiger partial charge in [-0.05, 0) is 42.7 Å². The molecule has 23 heavy (non-hydrogen) atoms. The van der Waals surface area contributed by atoms with Crippen LogP contribution in [0.1, 0.15) is 24.1 Å². The normalized spacial score (nSPS) is 17.6. The zero-order chi connectivity index (χ0) is 15.9. The quantitative estimate of drug-likeness (QED) is 0.786. The van der Waals surface area contributed by atoms with Crippen molar-refractivity contribution >= 4 is 0 Å². The molecule has 2 aromatic rings. The predicted octanol–water partition coefficient (Wildman–Crippen LogP) is 3.27. The molecular formula is C19H24N2O2. The SMILES string of the molecule is COc1cccc(CN(Cc2ccccn2)C[C@@H]2CCCO2)c1. The van der Waals surface area contributed by atoms with E-state index < -0.39 is 0 Å². The van der Waals surface area contributed by atoms with E-state index in [0.717, 1.165) is 44.1 Å². The minimum atomic E-state index is 0.337. The van der Waals surface area contributed by atoms with Gasteiger partial charge in [0.15, 0.2) is 0 Å². The van der Waals surface area contributed by atoms with Crippen LogP contribution in [0.3, 0.4) is 0 Å². The summed E-state index contributed by atoms with van der Waals surface area (Å²) in [6, 6.07) is 14.3. The highest BCUT2D eigenvalue weighted by molar-refractivity contribution is 5.28. The van der Waals surface area contributed by atoms with Gasteiger partial charge in [0.1, 0.15) is 5.75 Å². The number of pyridine rings is 1. The Morgan fingerprint density at radius 3 is 2.91 bits per heavy atom. The highest BCUT2D eigenvalue weighted by Crippen LogP contribution is 2.19. The highest BCUT2D eigenvalue weighted by atomic mass is 16.5. The molecule has 1 aliphatic rings. The number of methoxy groups -OCH3 is 1. The molecule has 4 heteroatoms. The lowest BCUT2D eigenvalue weighted by atomic mass is 10.1. The molecule has 0 spiro atoms. The summed E-state index contributed by atoms with van der Waals surface area (Å²) in [6.45, 7) is 3.53. The molecule has 1 aliphatic heterocycles. The first-order valence-corrected chi connectivity index (χ1v) is 8.20. The molecule has 4 nitrogen and oxygen atoms in total. The minimum absolute atomic E-state index is 0.337. The van der Waals surface area contributed by atoms with Crippen molar-refractivity contribution in [2.45, 2.75) is 32.0 Å². The Bertz CT molecular complexity index is 597. The van der Waals surface area contributed by atoms with Crippen LogP contribution in [0.2, 0.25) is 0 Å². The number of hydrogen-bond donors (Lipinski definition) is 0. The van der Waals surface area contributed by atoms with Gasteiger partial charge in [-0.2, -0.15) is 0 Å². The summed E-state index contributed by atoms with van der Waals surface area (Å²) < 4.78 is 11.1. The van der Waals surface area contributed by atoms with E-state index in [4.69, 9.17) is 9.47 Å². The molecule has 1 atom stereocenters. The topological polar surface area (TPSA) is 34.6 Å². The monoisotopic (exact) mass is 312 g/mol. The molecule has 0 aliphatic carbocycles. The highest BCUT2D eigenvalue weighted by Gasteiger charge is 2.20. The summed E-state index contributed by atoms with van der Waals surface area (Å²) in [7, 11) is 1.71. The first-order chi connectivity index (χ1) is 11.3. The van der Waals surface area contributed by atoms with Gasteiger partial charge in [0.25, 0.3) is 0 Å². The van der Waals surface area contributed by atoms with E-state index in [1.165, 1.54) is 12.0 Å². The van der Waals surface area contributed by atoms with E-state index in [2.05, 4.69) is 28.1 Å². The Morgan fingerprint density at radius 2 is 2.17 bits per heavy atom. The summed E-state index contributed by atoms with van der Waals surface area (Å²) in [4.78, 5) is 6.87. The van der Waals surface area contributed by atoms with E-state index in [1.807, 2.05) is 30.5 Å². The zero-order valence-corrected chi connectivity index (χ0v) is 13.6. The minimum Gasteiger partial charge on any atom is -0.497 e. The maximum Gasteiger partial charge on any atom is 0.119 e. The smallest absolute Gasteiger partial charge is 0.119 e. The number of ether oxygens (including phenoxy) is 2. The third-order valence-electron chi connectivity index (χ3n) is 4.14. The summed E-state index contributed by atoms with van der Waals surface area (Å²) in [5.74, 6) is 0.900. The third-order valence-corrected chi connectivity index (χ3v) is 4.14. The Balaban J connectivity index is 1.70. The fourth-order valence-corrected chi connectivity index (χ4v) is 3.01. The van der Waals surface area contributed by atoms with Crippen molar-refractivity contribution < 1.29 is 9.47 Å². The first-order valence-electron chi connectivity index (χ1n) is 8.20. The van der Waals surface area contributed by atoms with Crippen LogP contribution >= 0.6 is 0 Å². The van der Waals surface area contributed by atoms with Crippen LogP contribution in [0.25, 0.3) is 0 Å². The number of rotatable bonds is 7. The Kier molecular flexibility index (Phi) is 5.61. The van der Waals surface area contributed by atoms with Crippen molar-refractivity contribution in [3.05, 3.63) is 59.9 Å². The van der Waals surface area contributed by atoms with E-state index in [9.17, 15) is 0 Å². The predicted molar refractivity (Wildman–Crippen MR) is 90.3 cm³/mol. The largest absolute Gasteiger partial charge is 0.497 e. The third kappa shape index (κ3) is 4.78. The number of benzene rings is 1. The molecule has 0 bridgehead atoms. The number of aromatic nitrogens is 1. The molecule has 0 amide bonds. The molecule has 3 rings (SSSR count). The summed E-state index contributed by atoms with van der Waals surface area (Å²) in [5, 5.41) is 0. The Labute approximate surface area is 138 Å². The lowest BCUT2D eigenvalue weighted by Gasteiger charge is -2.25. The van der Waals surface area contributed by atoms with Crippen LogP contribution in [0, 0.1) is 0 Å². The molecule has 0 saturated carbocycles. The molecule has 0 N–H and O–H groups in total. The van der Waals surface area contributed by atoms with Gasteiger partial charge in [-0.3, -0.25) is 9.88 Å². The van der Waals surface area contributed by atoms with Crippen LogP contribution in [-0.4, -0.2) is 36.2 Å². The van der Waals surface area contributed by atoms with Gasteiger partial charge in [-0.1, -0.05) is 18.2 Å². The second-order valence-electron chi connectivity index (χ2n) is 5.98. The van der Waals surface area contributed by atoms with Gasteiger partial charge in [0.2, 0.25) is 0 Å². The average molecular weight is 312 g/mol. The van der Waals surface area contributed by atoms with Crippen molar-refractivity contribution in [3.8, 4) is 5.75 Å². The van der Waals surface area contributed by atoms with E-state index >= 15 is 0 Å². The van der Waals surface area contributed by atoms with E-state index in [1.54, 1.807) is 7.11 Å². The van der Waals surface area contributed by atoms with Gasteiger partial charge < -0.3 is 9.47 Å². The molecule has 0 unspecified atom stereocenters. The summed E-state index contributed by atoms with van der Waals surface area (Å²) in [5.41, 5.74) is 2.34. The van der Waals surface area contributed by atoms with Crippen LogP contribution < -0.4 is 4.74 Å². The van der Waals surface area contributed by atoms with Crippen molar-refractivity contribution in [2.75, 3.05) is 20.3 Å².